The maximum absolute atomic E-state index is 13.1. The summed E-state index contributed by atoms with van der Waals surface area (Å²) in [5.41, 5.74) is 0.637. The van der Waals surface area contributed by atoms with E-state index in [0.29, 0.717) is 18.1 Å². The van der Waals surface area contributed by atoms with Gasteiger partial charge in [0.15, 0.2) is 0 Å². The third-order valence-corrected chi connectivity index (χ3v) is 7.15. The first kappa shape index (κ1) is 21.0. The van der Waals surface area contributed by atoms with Gasteiger partial charge < -0.3 is 10.2 Å². The summed E-state index contributed by atoms with van der Waals surface area (Å²) in [4.78, 5) is 15.4. The van der Waals surface area contributed by atoms with Crippen molar-refractivity contribution in [3.63, 3.8) is 0 Å². The van der Waals surface area contributed by atoms with E-state index < -0.39 is 10.0 Å². The first-order chi connectivity index (χ1) is 15.1. The molecule has 1 aromatic carbocycles. The highest BCUT2D eigenvalue weighted by Gasteiger charge is 2.25. The van der Waals surface area contributed by atoms with Gasteiger partial charge in [-0.15, -0.1) is 0 Å². The van der Waals surface area contributed by atoms with Crippen LogP contribution >= 0.6 is 0 Å². The summed E-state index contributed by atoms with van der Waals surface area (Å²) in [5.74, 6) is 1.38. The quantitative estimate of drug-likeness (QED) is 0.606. The molecule has 1 N–H and O–H groups in total. The molecule has 1 unspecified atom stereocenters. The Kier molecular flexibility index (Phi) is 6.31. The average Bonchev–Trinajstić information content (AvgIpc) is 2.81. The van der Waals surface area contributed by atoms with E-state index in [-0.39, 0.29) is 10.9 Å². The second-order valence-corrected chi connectivity index (χ2v) is 9.23. The lowest BCUT2D eigenvalue weighted by Gasteiger charge is -2.33. The van der Waals surface area contributed by atoms with Gasteiger partial charge in [0.1, 0.15) is 10.7 Å². The molecule has 1 atom stereocenters. The molecular weight excluding hydrogens is 412 g/mol. The van der Waals surface area contributed by atoms with Crippen molar-refractivity contribution in [3.05, 3.63) is 67.1 Å². The molecule has 0 saturated carbocycles. The number of aromatic nitrogens is 3. The Hall–Kier alpha value is -3.20. The third kappa shape index (κ3) is 4.77. The van der Waals surface area contributed by atoms with Crippen molar-refractivity contribution >= 4 is 27.5 Å². The first-order valence-electron chi connectivity index (χ1n) is 10.4. The van der Waals surface area contributed by atoms with Crippen LogP contribution in [-0.4, -0.2) is 49.0 Å². The summed E-state index contributed by atoms with van der Waals surface area (Å²) in [6.07, 6.45) is 6.93. The van der Waals surface area contributed by atoms with Crippen LogP contribution in [0, 0.1) is 0 Å². The van der Waals surface area contributed by atoms with Crippen molar-refractivity contribution in [1.82, 2.24) is 15.0 Å². The van der Waals surface area contributed by atoms with Crippen LogP contribution < -0.4 is 14.5 Å². The van der Waals surface area contributed by atoms with Crippen molar-refractivity contribution in [2.75, 3.05) is 34.2 Å². The predicted molar refractivity (Wildman–Crippen MR) is 122 cm³/mol. The number of nitrogens with one attached hydrogen (secondary N) is 1. The van der Waals surface area contributed by atoms with Gasteiger partial charge in [0.05, 0.1) is 5.69 Å². The predicted octanol–water partition coefficient (Wildman–Crippen LogP) is 3.17. The molecule has 4 rings (SSSR count). The Labute approximate surface area is 183 Å². The van der Waals surface area contributed by atoms with Crippen LogP contribution in [0.1, 0.15) is 19.8 Å². The van der Waals surface area contributed by atoms with E-state index in [1.54, 1.807) is 42.7 Å². The fraction of sp³-hybridized carbons (Fsp3) is 0.318. The van der Waals surface area contributed by atoms with Crippen molar-refractivity contribution in [2.45, 2.75) is 30.7 Å². The molecule has 3 aromatic rings. The average molecular weight is 439 g/mol. The van der Waals surface area contributed by atoms with E-state index in [1.165, 1.54) is 10.5 Å². The third-order valence-electron chi connectivity index (χ3n) is 5.26. The molecule has 0 spiro atoms. The highest BCUT2D eigenvalue weighted by molar-refractivity contribution is 7.92. The number of para-hydroxylation sites is 1. The highest BCUT2D eigenvalue weighted by Crippen LogP contribution is 2.24. The molecule has 3 heterocycles. The highest BCUT2D eigenvalue weighted by atomic mass is 32.2. The topological polar surface area (TPSA) is 91.3 Å². The largest absolute Gasteiger partial charge is 0.366 e. The Morgan fingerprint density at radius 1 is 1.06 bits per heavy atom. The maximum Gasteiger partial charge on any atom is 0.265 e. The van der Waals surface area contributed by atoms with Crippen LogP contribution in [0.25, 0.3) is 0 Å². The molecular formula is C22H26N6O2S. The van der Waals surface area contributed by atoms with Crippen LogP contribution in [0.2, 0.25) is 0 Å². The monoisotopic (exact) mass is 438 g/mol. The molecule has 0 bridgehead atoms. The summed E-state index contributed by atoms with van der Waals surface area (Å²) in [6, 6.07) is 14.4. The van der Waals surface area contributed by atoms with Gasteiger partial charge in [-0.3, -0.25) is 4.31 Å². The molecule has 2 aromatic heterocycles. The van der Waals surface area contributed by atoms with Crippen molar-refractivity contribution < 1.29 is 8.42 Å². The van der Waals surface area contributed by atoms with Gasteiger partial charge in [-0.25, -0.2) is 23.4 Å². The van der Waals surface area contributed by atoms with Gasteiger partial charge in [-0.1, -0.05) is 18.2 Å². The van der Waals surface area contributed by atoms with Crippen LogP contribution in [0.5, 0.6) is 0 Å². The number of benzene rings is 1. The number of nitrogens with zero attached hydrogens (tertiary/aromatic N) is 5. The van der Waals surface area contributed by atoms with Crippen LogP contribution in [-0.2, 0) is 10.0 Å². The Bertz CT molecular complexity index is 1080. The number of hydrogen-bond donors (Lipinski definition) is 1. The standard InChI is InChI=1S/C22H26N6O2S/c1-2-28(19-9-4-3-5-10-19)31(29,30)20-11-12-21(25-16-20)26-18-8-6-15-27(17-18)22-23-13-7-14-24-22/h3-5,7,9-14,16,18H,2,6,8,15,17H2,1H3,(H,25,26). The van der Waals surface area contributed by atoms with Crippen LogP contribution in [0.15, 0.2) is 72.0 Å². The fourth-order valence-corrected chi connectivity index (χ4v) is 5.19. The molecule has 1 aliphatic rings. The van der Waals surface area contributed by atoms with Gasteiger partial charge in [-0.2, -0.15) is 0 Å². The number of pyridine rings is 1. The molecule has 31 heavy (non-hydrogen) atoms. The minimum absolute atomic E-state index is 0.173. The van der Waals surface area contributed by atoms with Crippen molar-refractivity contribution in [3.8, 4) is 0 Å². The van der Waals surface area contributed by atoms with Gasteiger partial charge in [0.25, 0.3) is 10.0 Å². The Morgan fingerprint density at radius 3 is 2.52 bits per heavy atom. The van der Waals surface area contributed by atoms with E-state index >= 15 is 0 Å². The lowest BCUT2D eigenvalue weighted by molar-refractivity contribution is 0.521. The molecule has 0 amide bonds. The zero-order valence-corrected chi connectivity index (χ0v) is 18.2. The second-order valence-electron chi connectivity index (χ2n) is 7.36. The maximum atomic E-state index is 13.1. The molecule has 1 aliphatic heterocycles. The SMILES string of the molecule is CCN(c1ccccc1)S(=O)(=O)c1ccc(NC2CCCN(c3ncccn3)C2)nc1. The van der Waals surface area contributed by atoms with E-state index in [9.17, 15) is 8.42 Å². The summed E-state index contributed by atoms with van der Waals surface area (Å²) >= 11 is 0. The molecule has 162 valence electrons. The normalized spacial score (nSPS) is 16.7. The summed E-state index contributed by atoms with van der Waals surface area (Å²) < 4.78 is 27.6. The van der Waals surface area contributed by atoms with E-state index in [4.69, 9.17) is 0 Å². The van der Waals surface area contributed by atoms with Gasteiger partial charge in [0, 0.05) is 44.3 Å². The molecule has 1 saturated heterocycles. The zero-order valence-electron chi connectivity index (χ0n) is 17.4. The zero-order chi connectivity index (χ0) is 21.7. The summed E-state index contributed by atoms with van der Waals surface area (Å²) in [7, 11) is -3.68. The lowest BCUT2D eigenvalue weighted by atomic mass is 10.1. The van der Waals surface area contributed by atoms with Gasteiger partial charge >= 0.3 is 0 Å². The Morgan fingerprint density at radius 2 is 1.84 bits per heavy atom. The van der Waals surface area contributed by atoms with E-state index in [2.05, 4.69) is 25.2 Å². The number of hydrogen-bond acceptors (Lipinski definition) is 7. The lowest BCUT2D eigenvalue weighted by Crippen LogP contribution is -2.43. The van der Waals surface area contributed by atoms with E-state index in [0.717, 1.165) is 31.9 Å². The van der Waals surface area contributed by atoms with Gasteiger partial charge in [0.2, 0.25) is 5.95 Å². The minimum Gasteiger partial charge on any atom is -0.366 e. The Balaban J connectivity index is 1.45. The number of rotatable bonds is 7. The van der Waals surface area contributed by atoms with Gasteiger partial charge in [-0.05, 0) is 50.1 Å². The summed E-state index contributed by atoms with van der Waals surface area (Å²) in [6.45, 7) is 3.84. The second kappa shape index (κ2) is 9.30. The summed E-state index contributed by atoms with van der Waals surface area (Å²) in [5, 5.41) is 3.42. The molecule has 1 fully saturated rings. The number of sulfonamides is 1. The minimum atomic E-state index is -3.68. The number of piperidine rings is 1. The van der Waals surface area contributed by atoms with E-state index in [1.807, 2.05) is 25.1 Å². The molecule has 8 nitrogen and oxygen atoms in total. The van der Waals surface area contributed by atoms with Crippen LogP contribution in [0.4, 0.5) is 17.5 Å². The van der Waals surface area contributed by atoms with Crippen LogP contribution in [0.3, 0.4) is 0 Å². The first-order valence-corrected chi connectivity index (χ1v) is 11.8. The molecule has 9 heteroatoms. The number of anilines is 3. The van der Waals surface area contributed by atoms with Crippen molar-refractivity contribution in [1.29, 1.82) is 0 Å². The van der Waals surface area contributed by atoms with Crippen molar-refractivity contribution in [2.24, 2.45) is 0 Å². The smallest absolute Gasteiger partial charge is 0.265 e. The molecule has 0 radical (unpaired) electrons. The fourth-order valence-electron chi connectivity index (χ4n) is 3.77. The molecule has 0 aliphatic carbocycles.